The summed E-state index contributed by atoms with van der Waals surface area (Å²) in [7, 11) is 0. The minimum absolute atomic E-state index is 0.0639. The van der Waals surface area contributed by atoms with E-state index in [2.05, 4.69) is 120 Å². The highest BCUT2D eigenvalue weighted by Gasteiger charge is 2.20. The van der Waals surface area contributed by atoms with Crippen LogP contribution in [-0.4, -0.2) is 4.98 Å². The molecule has 1 heterocycles. The summed E-state index contributed by atoms with van der Waals surface area (Å²) in [6.45, 7) is 13.3. The van der Waals surface area contributed by atoms with Crippen molar-refractivity contribution in [1.29, 1.82) is 0 Å². The zero-order valence-corrected chi connectivity index (χ0v) is 21.7. The number of hydrogen-bond acceptors (Lipinski definition) is 2. The highest BCUT2D eigenvalue weighted by molar-refractivity contribution is 7.21. The Morgan fingerprint density at radius 1 is 0.647 bits per heavy atom. The van der Waals surface area contributed by atoms with E-state index in [4.69, 9.17) is 4.98 Å². The van der Waals surface area contributed by atoms with E-state index in [0.29, 0.717) is 0 Å². The van der Waals surface area contributed by atoms with Gasteiger partial charge in [0.25, 0.3) is 0 Å². The smallest absolute Gasteiger partial charge is 0.124 e. The monoisotopic (exact) mass is 461 g/mol. The van der Waals surface area contributed by atoms with Gasteiger partial charge in [-0.15, -0.1) is 11.3 Å². The third kappa shape index (κ3) is 4.19. The maximum absolute atomic E-state index is 5.17. The maximum atomic E-state index is 5.17. The molecule has 5 aromatic rings. The molecule has 0 unspecified atom stereocenters. The fourth-order valence-corrected chi connectivity index (χ4v) is 5.61. The molecular weight excluding hydrogens is 430 g/mol. The normalized spacial score (nSPS) is 11.8. The van der Waals surface area contributed by atoms with Crippen molar-refractivity contribution in [3.63, 3.8) is 0 Å². The molecule has 0 aliphatic carbocycles. The van der Waals surface area contributed by atoms with Gasteiger partial charge in [0.15, 0.2) is 0 Å². The molecule has 1 aromatic heterocycles. The predicted octanol–water partition coefficient (Wildman–Crippen LogP) is 9.52. The Labute approximate surface area is 207 Å². The Kier molecular flexibility index (Phi) is 5.65. The first-order valence-corrected chi connectivity index (χ1v) is 12.7. The second-order valence-electron chi connectivity index (χ2n) is 10.4. The third-order valence-electron chi connectivity index (χ3n) is 6.64. The summed E-state index contributed by atoms with van der Waals surface area (Å²) >= 11 is 1.80. The molecule has 5 rings (SSSR count). The van der Waals surface area contributed by atoms with Crippen LogP contribution < -0.4 is 0 Å². The molecule has 0 saturated carbocycles. The number of benzene rings is 4. The molecule has 0 aliphatic heterocycles. The van der Waals surface area contributed by atoms with Crippen molar-refractivity contribution < 1.29 is 0 Å². The standard InChI is InChI=1S/C32H31NS/c1-20-11-12-22(3)27(17-20)23-13-15-24(16-14-23)28-18-25(32(4,5)6)19-29-30(28)33-31(34-29)26-10-8-7-9-21(26)2/h7-19H,1-6H3. The van der Waals surface area contributed by atoms with Gasteiger partial charge in [0.05, 0.1) is 10.2 Å². The SMILES string of the molecule is Cc1ccc(C)c(-c2ccc(-c3cc(C(C)(C)C)cc4sc(-c5ccccc5C)nc34)cc2)c1. The molecular formula is C32H31NS. The van der Waals surface area contributed by atoms with E-state index in [1.54, 1.807) is 11.3 Å². The lowest BCUT2D eigenvalue weighted by molar-refractivity contribution is 0.591. The van der Waals surface area contributed by atoms with Crippen LogP contribution in [0.4, 0.5) is 0 Å². The van der Waals surface area contributed by atoms with Gasteiger partial charge in [-0.25, -0.2) is 4.98 Å². The van der Waals surface area contributed by atoms with Crippen LogP contribution in [0.15, 0.2) is 78.9 Å². The van der Waals surface area contributed by atoms with E-state index < -0.39 is 0 Å². The van der Waals surface area contributed by atoms with Crippen LogP contribution in [0.25, 0.3) is 43.0 Å². The summed E-state index contributed by atoms with van der Waals surface area (Å²) < 4.78 is 1.25. The molecule has 34 heavy (non-hydrogen) atoms. The maximum Gasteiger partial charge on any atom is 0.124 e. The van der Waals surface area contributed by atoms with Crippen molar-refractivity contribution in [2.75, 3.05) is 0 Å². The Balaban J connectivity index is 1.67. The topological polar surface area (TPSA) is 12.9 Å². The van der Waals surface area contributed by atoms with E-state index in [9.17, 15) is 0 Å². The fourth-order valence-electron chi connectivity index (χ4n) is 4.49. The number of thiazole rings is 1. The summed E-state index contributed by atoms with van der Waals surface area (Å²) in [5, 5.41) is 1.09. The van der Waals surface area contributed by atoms with Gasteiger partial charge in [0.2, 0.25) is 0 Å². The molecule has 4 aromatic carbocycles. The fraction of sp³-hybridized carbons (Fsp3) is 0.219. The molecule has 0 saturated heterocycles. The van der Waals surface area contributed by atoms with Crippen molar-refractivity contribution in [2.24, 2.45) is 0 Å². The largest absolute Gasteiger partial charge is 0.235 e. The summed E-state index contributed by atoms with van der Waals surface area (Å²) in [5.74, 6) is 0. The molecule has 0 radical (unpaired) electrons. The van der Waals surface area contributed by atoms with Crippen LogP contribution in [0.5, 0.6) is 0 Å². The third-order valence-corrected chi connectivity index (χ3v) is 7.67. The Morgan fingerprint density at radius 2 is 1.29 bits per heavy atom. The molecule has 0 amide bonds. The van der Waals surface area contributed by atoms with Crippen molar-refractivity contribution in [3.8, 4) is 32.8 Å². The summed E-state index contributed by atoms with van der Waals surface area (Å²) in [4.78, 5) is 5.17. The molecule has 170 valence electrons. The highest BCUT2D eigenvalue weighted by atomic mass is 32.1. The Bertz CT molecular complexity index is 1500. The first-order valence-electron chi connectivity index (χ1n) is 11.9. The number of fused-ring (bicyclic) bond motifs is 1. The number of aryl methyl sites for hydroxylation is 3. The zero-order chi connectivity index (χ0) is 24.0. The minimum atomic E-state index is 0.0639. The molecule has 0 fully saturated rings. The van der Waals surface area contributed by atoms with Gasteiger partial charge in [0, 0.05) is 11.1 Å². The van der Waals surface area contributed by atoms with Gasteiger partial charge in [-0.3, -0.25) is 0 Å². The molecule has 1 nitrogen and oxygen atoms in total. The summed E-state index contributed by atoms with van der Waals surface area (Å²) in [6.07, 6.45) is 0. The predicted molar refractivity (Wildman–Crippen MR) is 149 cm³/mol. The zero-order valence-electron chi connectivity index (χ0n) is 20.9. The second kappa shape index (κ2) is 8.52. The lowest BCUT2D eigenvalue weighted by Gasteiger charge is -2.20. The summed E-state index contributed by atoms with van der Waals surface area (Å²) in [5.41, 5.74) is 12.6. The Hall–Kier alpha value is -3.23. The van der Waals surface area contributed by atoms with Crippen molar-refractivity contribution >= 4 is 21.6 Å². The molecule has 0 bridgehead atoms. The van der Waals surface area contributed by atoms with E-state index in [-0.39, 0.29) is 5.41 Å². The van der Waals surface area contributed by atoms with Gasteiger partial charge in [0.1, 0.15) is 5.01 Å². The van der Waals surface area contributed by atoms with Gasteiger partial charge < -0.3 is 0 Å². The van der Waals surface area contributed by atoms with Crippen LogP contribution in [0, 0.1) is 20.8 Å². The van der Waals surface area contributed by atoms with E-state index in [0.717, 1.165) is 10.5 Å². The number of nitrogens with zero attached hydrogens (tertiary/aromatic N) is 1. The van der Waals surface area contributed by atoms with Gasteiger partial charge in [-0.1, -0.05) is 93.1 Å². The lowest BCUT2D eigenvalue weighted by atomic mass is 9.85. The number of hydrogen-bond donors (Lipinski definition) is 0. The van der Waals surface area contributed by atoms with E-state index in [1.807, 2.05) is 0 Å². The number of aromatic nitrogens is 1. The molecule has 0 atom stereocenters. The molecule has 0 spiro atoms. The van der Waals surface area contributed by atoms with Crippen LogP contribution in [0.3, 0.4) is 0 Å². The van der Waals surface area contributed by atoms with E-state index >= 15 is 0 Å². The van der Waals surface area contributed by atoms with Crippen molar-refractivity contribution in [1.82, 2.24) is 4.98 Å². The first-order chi connectivity index (χ1) is 16.2. The second-order valence-corrected chi connectivity index (χ2v) is 11.4. The van der Waals surface area contributed by atoms with Gasteiger partial charge >= 0.3 is 0 Å². The van der Waals surface area contributed by atoms with Crippen LogP contribution in [0.2, 0.25) is 0 Å². The average molecular weight is 462 g/mol. The first kappa shape index (κ1) is 22.6. The summed E-state index contributed by atoms with van der Waals surface area (Å²) in [6, 6.07) is 28.9. The van der Waals surface area contributed by atoms with Crippen LogP contribution in [0.1, 0.15) is 43.0 Å². The van der Waals surface area contributed by atoms with Crippen LogP contribution in [-0.2, 0) is 5.41 Å². The minimum Gasteiger partial charge on any atom is -0.235 e. The van der Waals surface area contributed by atoms with Crippen molar-refractivity contribution in [3.05, 3.63) is 101 Å². The number of rotatable bonds is 3. The van der Waals surface area contributed by atoms with E-state index in [1.165, 1.54) is 54.8 Å². The van der Waals surface area contributed by atoms with Gasteiger partial charge in [-0.05, 0) is 71.7 Å². The Morgan fingerprint density at radius 3 is 1.97 bits per heavy atom. The molecule has 0 aliphatic rings. The van der Waals surface area contributed by atoms with Crippen molar-refractivity contribution in [2.45, 2.75) is 47.0 Å². The molecule has 0 N–H and O–H groups in total. The molecule has 2 heteroatoms. The van der Waals surface area contributed by atoms with Crippen LogP contribution >= 0.6 is 11.3 Å². The van der Waals surface area contributed by atoms with Gasteiger partial charge in [-0.2, -0.15) is 0 Å². The lowest BCUT2D eigenvalue weighted by Crippen LogP contribution is -2.11. The average Bonchev–Trinajstić information content (AvgIpc) is 3.24. The quantitative estimate of drug-likeness (QED) is 0.261. The highest BCUT2D eigenvalue weighted by Crippen LogP contribution is 2.40.